The summed E-state index contributed by atoms with van der Waals surface area (Å²) >= 11 is 0. The molecule has 6 heteroatoms. The standard InChI is InChI=1S/C25H22N2O4/c1-16-11-21(30-15-23(28)27-19-9-6-10-26-14-19)24-17(2)20(25(29)31-22(24)12-16)13-18-7-4-3-5-8-18/h3-12,14H,13,15H2,1-2H3,(H,27,28). The van der Waals surface area contributed by atoms with Gasteiger partial charge in [0.1, 0.15) is 11.3 Å². The van der Waals surface area contributed by atoms with Crippen LogP contribution in [0.2, 0.25) is 0 Å². The van der Waals surface area contributed by atoms with Gasteiger partial charge in [-0.15, -0.1) is 0 Å². The first kappa shape index (κ1) is 20.3. The van der Waals surface area contributed by atoms with Crippen molar-refractivity contribution in [3.8, 4) is 5.75 Å². The number of fused-ring (bicyclic) bond motifs is 1. The third-order valence-electron chi connectivity index (χ3n) is 5.01. The van der Waals surface area contributed by atoms with Gasteiger partial charge in [0.15, 0.2) is 6.61 Å². The van der Waals surface area contributed by atoms with E-state index in [1.54, 1.807) is 30.6 Å². The van der Waals surface area contributed by atoms with Gasteiger partial charge in [-0.1, -0.05) is 30.3 Å². The highest BCUT2D eigenvalue weighted by Crippen LogP contribution is 2.31. The molecule has 4 rings (SSSR count). The molecule has 0 aliphatic heterocycles. The van der Waals surface area contributed by atoms with Crippen LogP contribution in [0.4, 0.5) is 5.69 Å². The van der Waals surface area contributed by atoms with Gasteiger partial charge in [0, 0.05) is 18.2 Å². The maximum atomic E-state index is 12.7. The molecule has 4 aromatic rings. The molecule has 0 aliphatic carbocycles. The summed E-state index contributed by atoms with van der Waals surface area (Å²) in [5.41, 5.74) is 3.93. The van der Waals surface area contributed by atoms with Crippen molar-refractivity contribution in [3.63, 3.8) is 0 Å². The Labute approximate surface area is 179 Å². The maximum Gasteiger partial charge on any atom is 0.340 e. The molecule has 0 unspecified atom stereocenters. The van der Waals surface area contributed by atoms with Crippen LogP contribution in [0.3, 0.4) is 0 Å². The lowest BCUT2D eigenvalue weighted by molar-refractivity contribution is -0.118. The number of hydrogen-bond acceptors (Lipinski definition) is 5. The summed E-state index contributed by atoms with van der Waals surface area (Å²) in [6, 6.07) is 16.9. The van der Waals surface area contributed by atoms with Crippen molar-refractivity contribution >= 4 is 22.6 Å². The molecule has 0 fully saturated rings. The SMILES string of the molecule is Cc1cc(OCC(=O)Nc2cccnc2)c2c(C)c(Cc3ccccc3)c(=O)oc2c1. The van der Waals surface area contributed by atoms with E-state index in [2.05, 4.69) is 10.3 Å². The number of amides is 1. The van der Waals surface area contributed by atoms with Crippen LogP contribution in [-0.4, -0.2) is 17.5 Å². The van der Waals surface area contributed by atoms with Crippen LogP contribution >= 0.6 is 0 Å². The van der Waals surface area contributed by atoms with Gasteiger partial charge in [-0.05, 0) is 54.8 Å². The second kappa shape index (κ2) is 8.83. The lowest BCUT2D eigenvalue weighted by Crippen LogP contribution is -2.20. The van der Waals surface area contributed by atoms with Crippen molar-refractivity contribution in [1.29, 1.82) is 0 Å². The molecule has 0 radical (unpaired) electrons. The molecule has 0 atom stereocenters. The van der Waals surface area contributed by atoms with E-state index < -0.39 is 0 Å². The Balaban J connectivity index is 1.65. The number of carbonyl (C=O) groups excluding carboxylic acids is 1. The Morgan fingerprint density at radius 1 is 1.10 bits per heavy atom. The quantitative estimate of drug-likeness (QED) is 0.473. The highest BCUT2D eigenvalue weighted by atomic mass is 16.5. The predicted octanol–water partition coefficient (Wildman–Crippen LogP) is 4.41. The number of benzene rings is 2. The van der Waals surface area contributed by atoms with Gasteiger partial charge in [0.2, 0.25) is 0 Å². The van der Waals surface area contributed by atoms with E-state index in [0.29, 0.717) is 34.4 Å². The fraction of sp³-hybridized carbons (Fsp3) is 0.160. The van der Waals surface area contributed by atoms with Crippen LogP contribution in [0.1, 0.15) is 22.3 Å². The zero-order valence-corrected chi connectivity index (χ0v) is 17.3. The molecule has 2 aromatic heterocycles. The van der Waals surface area contributed by atoms with Crippen molar-refractivity contribution in [2.75, 3.05) is 11.9 Å². The van der Waals surface area contributed by atoms with Crippen LogP contribution in [0.5, 0.6) is 5.75 Å². The average Bonchev–Trinajstić information content (AvgIpc) is 2.76. The molecule has 2 heterocycles. The van der Waals surface area contributed by atoms with E-state index in [9.17, 15) is 9.59 Å². The summed E-state index contributed by atoms with van der Waals surface area (Å²) in [6.45, 7) is 3.59. The lowest BCUT2D eigenvalue weighted by Gasteiger charge is -2.14. The number of carbonyl (C=O) groups is 1. The Bertz CT molecular complexity index is 1280. The molecule has 1 N–H and O–H groups in total. The largest absolute Gasteiger partial charge is 0.483 e. The number of rotatable bonds is 6. The molecule has 0 aliphatic rings. The second-order valence-corrected chi connectivity index (χ2v) is 7.37. The fourth-order valence-corrected chi connectivity index (χ4v) is 3.53. The van der Waals surface area contributed by atoms with Crippen molar-refractivity contribution in [3.05, 3.63) is 99.7 Å². The number of nitrogens with one attached hydrogen (secondary N) is 1. The third-order valence-corrected chi connectivity index (χ3v) is 5.01. The summed E-state index contributed by atoms with van der Waals surface area (Å²) in [6.07, 6.45) is 3.66. The van der Waals surface area contributed by atoms with Crippen LogP contribution in [0.25, 0.3) is 11.0 Å². The first-order chi connectivity index (χ1) is 15.0. The molecule has 0 saturated carbocycles. The average molecular weight is 414 g/mol. The lowest BCUT2D eigenvalue weighted by atomic mass is 9.98. The monoisotopic (exact) mass is 414 g/mol. The summed E-state index contributed by atoms with van der Waals surface area (Å²) in [5.74, 6) is 0.203. The van der Waals surface area contributed by atoms with Crippen molar-refractivity contribution in [1.82, 2.24) is 4.98 Å². The Hall–Kier alpha value is -3.93. The molecule has 31 heavy (non-hydrogen) atoms. The minimum Gasteiger partial charge on any atom is -0.483 e. The van der Waals surface area contributed by atoms with Crippen LogP contribution in [0.15, 0.2) is 76.2 Å². The minimum absolute atomic E-state index is 0.181. The molecular formula is C25H22N2O4. The normalized spacial score (nSPS) is 10.8. The van der Waals surface area contributed by atoms with Gasteiger partial charge < -0.3 is 14.5 Å². The van der Waals surface area contributed by atoms with Crippen molar-refractivity contribution < 1.29 is 13.9 Å². The number of anilines is 1. The van der Waals surface area contributed by atoms with Crippen molar-refractivity contribution in [2.24, 2.45) is 0 Å². The number of pyridine rings is 1. The Kier molecular flexibility index (Phi) is 5.80. The summed E-state index contributed by atoms with van der Waals surface area (Å²) in [5, 5.41) is 3.44. The second-order valence-electron chi connectivity index (χ2n) is 7.37. The van der Waals surface area contributed by atoms with Crippen molar-refractivity contribution in [2.45, 2.75) is 20.3 Å². The van der Waals surface area contributed by atoms with Crippen LogP contribution < -0.4 is 15.7 Å². The van der Waals surface area contributed by atoms with E-state index in [-0.39, 0.29) is 18.1 Å². The molecule has 1 amide bonds. The van der Waals surface area contributed by atoms with Gasteiger partial charge in [-0.2, -0.15) is 0 Å². The molecule has 2 aromatic carbocycles. The smallest absolute Gasteiger partial charge is 0.340 e. The van der Waals surface area contributed by atoms with Crippen LogP contribution in [0, 0.1) is 13.8 Å². The number of aryl methyl sites for hydroxylation is 2. The highest BCUT2D eigenvalue weighted by molar-refractivity contribution is 5.93. The highest BCUT2D eigenvalue weighted by Gasteiger charge is 2.17. The van der Waals surface area contributed by atoms with Gasteiger partial charge in [-0.25, -0.2) is 4.79 Å². The number of ether oxygens (including phenoxy) is 1. The summed E-state index contributed by atoms with van der Waals surface area (Å²) < 4.78 is 11.5. The molecule has 0 bridgehead atoms. The maximum absolute atomic E-state index is 12.7. The van der Waals surface area contributed by atoms with Gasteiger partial charge in [0.25, 0.3) is 5.91 Å². The zero-order valence-electron chi connectivity index (χ0n) is 17.3. The minimum atomic E-state index is -0.361. The Morgan fingerprint density at radius 2 is 1.90 bits per heavy atom. The fourth-order valence-electron chi connectivity index (χ4n) is 3.53. The number of aromatic nitrogens is 1. The predicted molar refractivity (Wildman–Crippen MR) is 120 cm³/mol. The summed E-state index contributed by atoms with van der Waals surface area (Å²) in [4.78, 5) is 29.0. The third kappa shape index (κ3) is 4.64. The van der Waals surface area contributed by atoms with Gasteiger partial charge in [0.05, 0.1) is 17.3 Å². The van der Waals surface area contributed by atoms with Crippen LogP contribution in [-0.2, 0) is 11.2 Å². The van der Waals surface area contributed by atoms with E-state index in [1.807, 2.05) is 50.2 Å². The molecule has 156 valence electrons. The number of hydrogen-bond donors (Lipinski definition) is 1. The topological polar surface area (TPSA) is 81.4 Å². The molecule has 0 spiro atoms. The van der Waals surface area contributed by atoms with Gasteiger partial charge in [-0.3, -0.25) is 9.78 Å². The van der Waals surface area contributed by atoms with E-state index in [0.717, 1.165) is 16.7 Å². The van der Waals surface area contributed by atoms with E-state index in [1.165, 1.54) is 0 Å². The zero-order chi connectivity index (χ0) is 21.8. The molecule has 0 saturated heterocycles. The van der Waals surface area contributed by atoms with E-state index >= 15 is 0 Å². The van der Waals surface area contributed by atoms with E-state index in [4.69, 9.17) is 9.15 Å². The first-order valence-corrected chi connectivity index (χ1v) is 9.95. The Morgan fingerprint density at radius 3 is 2.65 bits per heavy atom. The molecular weight excluding hydrogens is 392 g/mol. The summed E-state index contributed by atoms with van der Waals surface area (Å²) in [7, 11) is 0. The number of nitrogens with zero attached hydrogens (tertiary/aromatic N) is 1. The first-order valence-electron chi connectivity index (χ1n) is 9.95. The molecule has 6 nitrogen and oxygen atoms in total. The van der Waals surface area contributed by atoms with Gasteiger partial charge >= 0.3 is 5.63 Å².